The average molecular weight is 879 g/mol. The molecule has 0 heterocycles. The Morgan fingerprint density at radius 1 is 0.569 bits per heavy atom. The minimum absolute atomic E-state index is 0.0578. The predicted molar refractivity (Wildman–Crippen MR) is 195 cm³/mol. The van der Waals surface area contributed by atoms with E-state index in [9.17, 15) is 13.6 Å². The zero-order valence-electron chi connectivity index (χ0n) is 31.1. The number of carbonyl (C=O) groups excluding carboxylic acids is 1. The van der Waals surface area contributed by atoms with Crippen LogP contribution < -0.4 is 15.6 Å². The largest absolute Gasteiger partial charge is 0.522 e. The molecule has 5 aromatic rings. The Morgan fingerprint density at radius 2 is 0.983 bits per heavy atom. The van der Waals surface area contributed by atoms with Gasteiger partial charge in [-0.2, -0.15) is 0 Å². The second-order valence-corrected chi connectivity index (χ2v) is 21.5. The molecule has 0 aliphatic carbocycles. The molecule has 0 aliphatic heterocycles. The fourth-order valence-corrected chi connectivity index (χ4v) is 18.4. The molecule has 0 saturated carbocycles. The van der Waals surface area contributed by atoms with Crippen LogP contribution in [0.1, 0.15) is 13.3 Å². The molecule has 0 amide bonds. The molecule has 21 heteroatoms. The highest BCUT2D eigenvalue weighted by Crippen LogP contribution is 2.34. The molecule has 0 N–H and O–H groups in total. The molecule has 0 spiro atoms. The number of carbonyl (C=O) groups is 1. The highest BCUT2D eigenvalue weighted by atomic mass is 28.5. The van der Waals surface area contributed by atoms with Crippen molar-refractivity contribution in [2.24, 2.45) is 0 Å². The van der Waals surface area contributed by atoms with E-state index in [0.717, 1.165) is 21.3 Å². The molecule has 5 aromatic carbocycles. The molecule has 0 saturated heterocycles. The molecule has 5 rings (SSSR count). The summed E-state index contributed by atoms with van der Waals surface area (Å²) in [4.78, 5) is 12.1. The molecule has 0 fully saturated rings. The van der Waals surface area contributed by atoms with Crippen molar-refractivity contribution in [3.8, 4) is 0 Å². The summed E-state index contributed by atoms with van der Waals surface area (Å²) in [5.41, 5.74) is 0.0578. The van der Waals surface area contributed by atoms with Gasteiger partial charge in [-0.3, -0.25) is 0 Å². The van der Waals surface area contributed by atoms with E-state index in [4.69, 9.17) is 30.7 Å². The number of hydrogen-bond donors (Lipinski definition) is 0. The van der Waals surface area contributed by atoms with E-state index in [1.807, 2.05) is 0 Å². The van der Waals surface area contributed by atoms with Gasteiger partial charge >= 0.3 is 32.1 Å². The lowest BCUT2D eigenvalue weighted by molar-refractivity contribution is -0.139. The van der Waals surface area contributed by atoms with Crippen LogP contribution in [0.15, 0.2) is 66.7 Å². The van der Waals surface area contributed by atoms with Crippen LogP contribution in [0, 0.1) is 58.2 Å². The summed E-state index contributed by atoms with van der Waals surface area (Å²) in [5, 5.41) is -3.59. The van der Waals surface area contributed by atoms with Crippen molar-refractivity contribution in [1.29, 1.82) is 0 Å². The third-order valence-corrected chi connectivity index (χ3v) is 20.3. The molecule has 1 unspecified atom stereocenters. The summed E-state index contributed by atoms with van der Waals surface area (Å²) in [7, 11) is -13.4. The molecular formula is C37H32F10O8Si3. The van der Waals surface area contributed by atoms with Crippen LogP contribution in [0.25, 0.3) is 21.5 Å². The summed E-state index contributed by atoms with van der Waals surface area (Å²) < 4.78 is 196. The number of hydrogen-bond acceptors (Lipinski definition) is 8. The van der Waals surface area contributed by atoms with Gasteiger partial charge in [0.05, 0.1) is 17.0 Å². The summed E-state index contributed by atoms with van der Waals surface area (Å²) >= 11 is 0. The first-order chi connectivity index (χ1) is 27.4. The van der Waals surface area contributed by atoms with Gasteiger partial charge in [0.15, 0.2) is 46.5 Å². The van der Waals surface area contributed by atoms with Gasteiger partial charge in [-0.15, -0.1) is 0 Å². The monoisotopic (exact) mass is 878 g/mol. The number of esters is 1. The maximum atomic E-state index is 16.2. The first kappa shape index (κ1) is 44.6. The normalized spacial score (nSPS) is 13.3. The van der Waals surface area contributed by atoms with Gasteiger partial charge in [-0.1, -0.05) is 55.1 Å². The molecule has 0 aromatic heterocycles. The Hall–Kier alpha value is -4.46. The van der Waals surface area contributed by atoms with Gasteiger partial charge in [0.25, 0.3) is 0 Å². The number of ether oxygens (including phenoxy) is 1. The van der Waals surface area contributed by atoms with Gasteiger partial charge < -0.3 is 30.7 Å². The van der Waals surface area contributed by atoms with Crippen LogP contribution in [0.2, 0.25) is 6.04 Å². The first-order valence-corrected chi connectivity index (χ1v) is 22.3. The van der Waals surface area contributed by atoms with Crippen molar-refractivity contribution in [2.45, 2.75) is 19.4 Å². The molecule has 310 valence electrons. The van der Waals surface area contributed by atoms with Crippen LogP contribution >= 0.6 is 0 Å². The highest BCUT2D eigenvalue weighted by Gasteiger charge is 2.64. The van der Waals surface area contributed by atoms with Crippen LogP contribution in [0.3, 0.4) is 0 Å². The number of halogens is 10. The SMILES string of the molecule is C=C(C)C(=O)OCCC[Si](OC)(OC)O[Si](OC)(O[Si](OC)(c1c(F)c(F)c(F)c(F)c1F)c1c(F)c(F)c(F)c(F)c1F)c1c2ccccc2cc2ccccc12. The molecule has 0 radical (unpaired) electrons. The fraction of sp³-hybridized carbons (Fsp3) is 0.216. The van der Waals surface area contributed by atoms with Crippen molar-refractivity contribution < 1.29 is 79.4 Å². The maximum absolute atomic E-state index is 16.2. The predicted octanol–water partition coefficient (Wildman–Crippen LogP) is 6.85. The summed E-state index contributed by atoms with van der Waals surface area (Å²) in [6, 6.07) is 13.7. The highest BCUT2D eigenvalue weighted by molar-refractivity contribution is 7.01. The van der Waals surface area contributed by atoms with Gasteiger partial charge in [0.2, 0.25) is 11.6 Å². The molecule has 1 atom stereocenters. The van der Waals surface area contributed by atoms with E-state index >= 15 is 35.1 Å². The Bertz CT molecular complexity index is 2240. The van der Waals surface area contributed by atoms with Crippen molar-refractivity contribution >= 4 is 69.2 Å². The van der Waals surface area contributed by atoms with E-state index in [1.54, 1.807) is 30.3 Å². The quantitative estimate of drug-likeness (QED) is 0.0156. The first-order valence-electron chi connectivity index (χ1n) is 16.8. The smallest absolute Gasteiger partial charge is 0.462 e. The Kier molecular flexibility index (Phi) is 13.4. The molecule has 58 heavy (non-hydrogen) atoms. The molecule has 8 nitrogen and oxygen atoms in total. The topological polar surface area (TPSA) is 81.7 Å². The number of fused-ring (bicyclic) bond motifs is 2. The van der Waals surface area contributed by atoms with Crippen molar-refractivity contribution in [3.05, 3.63) is 125 Å². The van der Waals surface area contributed by atoms with E-state index in [-0.39, 0.29) is 40.6 Å². The number of benzene rings is 5. The Labute approximate surface area is 327 Å². The van der Waals surface area contributed by atoms with E-state index in [0.29, 0.717) is 17.9 Å². The van der Waals surface area contributed by atoms with E-state index in [1.165, 1.54) is 31.2 Å². The summed E-state index contributed by atoms with van der Waals surface area (Å²) in [5.74, 6) is -28.1. The molecule has 0 bridgehead atoms. The molecule has 0 aliphatic rings. The van der Waals surface area contributed by atoms with Gasteiger partial charge in [-0.25, -0.2) is 48.7 Å². The average Bonchev–Trinajstić information content (AvgIpc) is 3.23. The third-order valence-electron chi connectivity index (χ3n) is 9.11. The Balaban J connectivity index is 1.98. The van der Waals surface area contributed by atoms with Gasteiger partial charge in [0.1, 0.15) is 0 Å². The van der Waals surface area contributed by atoms with Crippen molar-refractivity contribution in [1.82, 2.24) is 0 Å². The maximum Gasteiger partial charge on any atom is 0.522 e. The lowest BCUT2D eigenvalue weighted by Crippen LogP contribution is -2.76. The van der Waals surface area contributed by atoms with Crippen LogP contribution in [0.5, 0.6) is 0 Å². The van der Waals surface area contributed by atoms with Crippen LogP contribution in [0.4, 0.5) is 43.9 Å². The van der Waals surface area contributed by atoms with Crippen molar-refractivity contribution in [3.63, 3.8) is 0 Å². The van der Waals surface area contributed by atoms with E-state index in [2.05, 4.69) is 6.58 Å². The molecular weight excluding hydrogens is 847 g/mol. The standard InChI is InChI=1S/C37H32F10O8Si3/c1-19(2)37(48)53-16-11-17-56(49-3,50-4)54-58(52-6,34-22-14-9-7-12-20(22)18-21-13-8-10-15-23(21)34)55-57(51-5,35-30(44)26(40)24(38)27(41)31(35)45)36-32(46)28(42)25(39)29(43)33(36)47/h7-10,12-15,18H,1,11,16-17H2,2-6H3. The van der Waals surface area contributed by atoms with Gasteiger partial charge in [-0.05, 0) is 41.0 Å². The third kappa shape index (κ3) is 7.61. The summed E-state index contributed by atoms with van der Waals surface area (Å²) in [6.45, 7) is 4.57. The van der Waals surface area contributed by atoms with Crippen molar-refractivity contribution in [2.75, 3.05) is 35.0 Å². The van der Waals surface area contributed by atoms with E-state index < -0.39 is 101 Å². The second-order valence-electron chi connectivity index (χ2n) is 12.5. The lowest BCUT2D eigenvalue weighted by atomic mass is 10.0. The zero-order valence-corrected chi connectivity index (χ0v) is 34.1. The number of rotatable bonds is 16. The summed E-state index contributed by atoms with van der Waals surface area (Å²) in [6.07, 6.45) is -0.112. The minimum Gasteiger partial charge on any atom is -0.462 e. The second kappa shape index (κ2) is 17.4. The van der Waals surface area contributed by atoms with Gasteiger partial charge in [0, 0.05) is 45.2 Å². The Morgan fingerprint density at radius 3 is 1.36 bits per heavy atom. The van der Waals surface area contributed by atoms with Crippen LogP contribution in [-0.2, 0) is 35.5 Å². The minimum atomic E-state index is -6.73. The lowest BCUT2D eigenvalue weighted by Gasteiger charge is -2.42. The zero-order chi connectivity index (χ0) is 42.9. The fourth-order valence-electron chi connectivity index (χ4n) is 6.30. The van der Waals surface area contributed by atoms with Crippen LogP contribution in [-0.4, -0.2) is 67.2 Å².